The maximum atomic E-state index is 10.3. The molecule has 0 rings (SSSR count). The van der Waals surface area contributed by atoms with Gasteiger partial charge in [0, 0.05) is 27.2 Å². The summed E-state index contributed by atoms with van der Waals surface area (Å²) in [4.78, 5) is 10.3. The monoisotopic (exact) mass is 148 g/mol. The number of carboxylic acid groups (broad SMARTS) is 1. The Morgan fingerprint density at radius 3 is 2.50 bits per heavy atom. The van der Waals surface area contributed by atoms with Crippen LogP contribution in [0.15, 0.2) is 0 Å². The summed E-state index contributed by atoms with van der Waals surface area (Å²) in [6.07, 6.45) is -0.345. The Balaban J connectivity index is 3.50. The van der Waals surface area contributed by atoms with Gasteiger partial charge in [-0.15, -0.1) is 0 Å². The minimum absolute atomic E-state index is 0.391. The van der Waals surface area contributed by atoms with E-state index >= 15 is 0 Å². The lowest BCUT2D eigenvalue weighted by atomic mass is 10.3. The third-order valence-electron chi connectivity index (χ3n) is 1.14. The maximum Gasteiger partial charge on any atom is 0.332 e. The van der Waals surface area contributed by atoms with Crippen molar-refractivity contribution < 1.29 is 19.4 Å². The fourth-order valence-electron chi connectivity index (χ4n) is 0.567. The van der Waals surface area contributed by atoms with Crippen molar-refractivity contribution in [2.75, 3.05) is 20.8 Å². The van der Waals surface area contributed by atoms with Crippen molar-refractivity contribution in [2.45, 2.75) is 12.5 Å². The van der Waals surface area contributed by atoms with E-state index in [1.165, 1.54) is 14.2 Å². The number of aliphatic carboxylic acids is 1. The van der Waals surface area contributed by atoms with Crippen molar-refractivity contribution in [1.29, 1.82) is 0 Å². The fraction of sp³-hybridized carbons (Fsp3) is 0.833. The van der Waals surface area contributed by atoms with Gasteiger partial charge < -0.3 is 14.6 Å². The average molecular weight is 148 g/mol. The smallest absolute Gasteiger partial charge is 0.332 e. The van der Waals surface area contributed by atoms with Gasteiger partial charge in [-0.05, 0) is 0 Å². The first kappa shape index (κ1) is 9.39. The normalized spacial score (nSPS) is 13.0. The van der Waals surface area contributed by atoms with Crippen LogP contribution in [0.5, 0.6) is 0 Å². The second-order valence-corrected chi connectivity index (χ2v) is 1.84. The second kappa shape index (κ2) is 5.20. The van der Waals surface area contributed by atoms with Gasteiger partial charge in [0.1, 0.15) is 0 Å². The van der Waals surface area contributed by atoms with Crippen molar-refractivity contribution in [3.8, 4) is 0 Å². The highest BCUT2D eigenvalue weighted by Gasteiger charge is 2.14. The van der Waals surface area contributed by atoms with Crippen molar-refractivity contribution >= 4 is 5.97 Å². The number of hydrogen-bond acceptors (Lipinski definition) is 3. The Morgan fingerprint density at radius 2 is 2.20 bits per heavy atom. The Labute approximate surface area is 59.7 Å². The topological polar surface area (TPSA) is 55.8 Å². The van der Waals surface area contributed by atoms with Gasteiger partial charge in [0.2, 0.25) is 0 Å². The first-order valence-electron chi connectivity index (χ1n) is 2.97. The first-order chi connectivity index (χ1) is 4.72. The van der Waals surface area contributed by atoms with Gasteiger partial charge in [-0.25, -0.2) is 4.79 Å². The molecule has 0 aromatic heterocycles. The molecule has 4 heteroatoms. The number of carbonyl (C=O) groups is 1. The summed E-state index contributed by atoms with van der Waals surface area (Å²) < 4.78 is 9.32. The highest BCUT2D eigenvalue weighted by molar-refractivity contribution is 5.72. The average Bonchev–Trinajstić information content (AvgIpc) is 1.89. The lowest BCUT2D eigenvalue weighted by Gasteiger charge is -2.08. The Kier molecular flexibility index (Phi) is 4.88. The molecular weight excluding hydrogens is 136 g/mol. The molecule has 0 saturated carbocycles. The molecule has 0 unspecified atom stereocenters. The number of carboxylic acids is 1. The first-order valence-corrected chi connectivity index (χ1v) is 2.97. The van der Waals surface area contributed by atoms with Crippen LogP contribution in [0.3, 0.4) is 0 Å². The van der Waals surface area contributed by atoms with E-state index < -0.39 is 12.1 Å². The number of rotatable bonds is 5. The maximum absolute atomic E-state index is 10.3. The highest BCUT2D eigenvalue weighted by Crippen LogP contribution is 1.96. The third-order valence-corrected chi connectivity index (χ3v) is 1.14. The summed E-state index contributed by atoms with van der Waals surface area (Å²) in [5.74, 6) is -0.945. The van der Waals surface area contributed by atoms with E-state index in [4.69, 9.17) is 5.11 Å². The van der Waals surface area contributed by atoms with Crippen LogP contribution < -0.4 is 0 Å². The van der Waals surface area contributed by atoms with Crippen molar-refractivity contribution in [3.63, 3.8) is 0 Å². The number of methoxy groups -OCH3 is 2. The van der Waals surface area contributed by atoms with E-state index in [0.717, 1.165) is 0 Å². The molecule has 0 amide bonds. The molecule has 0 aliphatic carbocycles. The van der Waals surface area contributed by atoms with Crippen LogP contribution in [0.1, 0.15) is 6.42 Å². The van der Waals surface area contributed by atoms with Gasteiger partial charge in [0.25, 0.3) is 0 Å². The molecule has 0 radical (unpaired) electrons. The fourth-order valence-corrected chi connectivity index (χ4v) is 0.567. The molecule has 0 bridgehead atoms. The van der Waals surface area contributed by atoms with E-state index in [0.29, 0.717) is 13.0 Å². The zero-order valence-corrected chi connectivity index (χ0v) is 6.16. The van der Waals surface area contributed by atoms with Crippen LogP contribution >= 0.6 is 0 Å². The minimum atomic E-state index is -0.945. The minimum Gasteiger partial charge on any atom is -0.479 e. The predicted molar refractivity (Wildman–Crippen MR) is 34.9 cm³/mol. The molecular formula is C6H12O4. The SMILES string of the molecule is COCC[C@H](OC)C(=O)O. The van der Waals surface area contributed by atoms with Gasteiger partial charge in [0.15, 0.2) is 6.10 Å². The largest absolute Gasteiger partial charge is 0.479 e. The van der Waals surface area contributed by atoms with Crippen LogP contribution in [0.4, 0.5) is 0 Å². The molecule has 0 aromatic rings. The summed E-state index contributed by atoms with van der Waals surface area (Å²) >= 11 is 0. The molecule has 1 N–H and O–H groups in total. The number of hydrogen-bond donors (Lipinski definition) is 1. The van der Waals surface area contributed by atoms with Crippen LogP contribution in [0.25, 0.3) is 0 Å². The van der Waals surface area contributed by atoms with Gasteiger partial charge in [0.05, 0.1) is 0 Å². The zero-order valence-electron chi connectivity index (χ0n) is 6.16. The standard InChI is InChI=1S/C6H12O4/c1-9-4-3-5(10-2)6(7)8/h5H,3-4H2,1-2H3,(H,7,8)/t5-/m0/s1. The predicted octanol–water partition coefficient (Wildman–Crippen LogP) is 0.122. The molecule has 0 aromatic carbocycles. The van der Waals surface area contributed by atoms with E-state index in [2.05, 4.69) is 9.47 Å². The van der Waals surface area contributed by atoms with E-state index in [9.17, 15) is 4.79 Å². The lowest BCUT2D eigenvalue weighted by molar-refractivity contribution is -0.149. The molecule has 0 heterocycles. The van der Waals surface area contributed by atoms with Crippen molar-refractivity contribution in [3.05, 3.63) is 0 Å². The highest BCUT2D eigenvalue weighted by atomic mass is 16.5. The molecule has 0 aliphatic rings. The molecule has 60 valence electrons. The van der Waals surface area contributed by atoms with Gasteiger partial charge in [-0.1, -0.05) is 0 Å². The zero-order chi connectivity index (χ0) is 7.98. The summed E-state index contributed by atoms with van der Waals surface area (Å²) in [7, 11) is 2.89. The quantitative estimate of drug-likeness (QED) is 0.601. The summed E-state index contributed by atoms with van der Waals surface area (Å²) in [5, 5.41) is 8.42. The van der Waals surface area contributed by atoms with E-state index in [1.54, 1.807) is 0 Å². The summed E-state index contributed by atoms with van der Waals surface area (Å²) in [6, 6.07) is 0. The molecule has 0 aliphatic heterocycles. The van der Waals surface area contributed by atoms with Crippen molar-refractivity contribution in [2.24, 2.45) is 0 Å². The van der Waals surface area contributed by atoms with Crippen LogP contribution in [0.2, 0.25) is 0 Å². The number of ether oxygens (including phenoxy) is 2. The Morgan fingerprint density at radius 1 is 1.60 bits per heavy atom. The summed E-state index contributed by atoms with van der Waals surface area (Å²) in [6.45, 7) is 0.408. The van der Waals surface area contributed by atoms with Gasteiger partial charge in [-0.3, -0.25) is 0 Å². The second-order valence-electron chi connectivity index (χ2n) is 1.84. The van der Waals surface area contributed by atoms with Crippen LogP contribution in [-0.4, -0.2) is 38.0 Å². The Hall–Kier alpha value is -0.610. The molecule has 0 fully saturated rings. The van der Waals surface area contributed by atoms with Crippen molar-refractivity contribution in [1.82, 2.24) is 0 Å². The Bertz CT molecular complexity index is 102. The van der Waals surface area contributed by atoms with Gasteiger partial charge >= 0.3 is 5.97 Å². The molecule has 10 heavy (non-hydrogen) atoms. The lowest BCUT2D eigenvalue weighted by Crippen LogP contribution is -2.23. The van der Waals surface area contributed by atoms with Crippen LogP contribution in [-0.2, 0) is 14.3 Å². The summed E-state index contributed by atoms with van der Waals surface area (Å²) in [5.41, 5.74) is 0. The third kappa shape index (κ3) is 3.42. The molecule has 0 spiro atoms. The molecule has 0 saturated heterocycles. The van der Waals surface area contributed by atoms with E-state index in [-0.39, 0.29) is 0 Å². The van der Waals surface area contributed by atoms with Crippen LogP contribution in [0, 0.1) is 0 Å². The molecule has 4 nitrogen and oxygen atoms in total. The molecule has 1 atom stereocenters. The van der Waals surface area contributed by atoms with E-state index in [1.807, 2.05) is 0 Å². The van der Waals surface area contributed by atoms with Gasteiger partial charge in [-0.2, -0.15) is 0 Å².